The molecule has 0 aromatic carbocycles. The van der Waals surface area contributed by atoms with Crippen LogP contribution in [0.5, 0.6) is 0 Å². The lowest BCUT2D eigenvalue weighted by molar-refractivity contribution is -0.336. The van der Waals surface area contributed by atoms with Crippen LogP contribution in [0.15, 0.2) is 0 Å². The fraction of sp³-hybridized carbons (Fsp3) is 0.846. The van der Waals surface area contributed by atoms with Gasteiger partial charge in [-0.2, -0.15) is 0 Å². The molecule has 0 bridgehead atoms. The van der Waals surface area contributed by atoms with Gasteiger partial charge in [-0.05, 0) is 6.42 Å². The van der Waals surface area contributed by atoms with Gasteiger partial charge in [0, 0.05) is 52.9 Å². The Bertz CT molecular complexity index is 880. The van der Waals surface area contributed by atoms with E-state index in [1.54, 1.807) is 0 Å². The normalized spacial score (nSPS) is 38.2. The van der Waals surface area contributed by atoms with Gasteiger partial charge in [-0.1, -0.05) is 0 Å². The summed E-state index contributed by atoms with van der Waals surface area (Å²) in [6.45, 7) is 3.99. The van der Waals surface area contributed by atoms with E-state index >= 15 is 0 Å². The van der Waals surface area contributed by atoms with Gasteiger partial charge in [0.1, 0.15) is 67.1 Å². The standard InChI is InChI=1S/C18H36N4O11.4C2H4O2/c19-2-6-8(23)10(25)12(27)17(30-6)32-15-4(21)1-5(22)16(14(15)29)33-18-13(28)11(26)9(24)7(3-20)31-18;4*1-2(3)4/h4-18,23-29H,1-3,19-22H2;4*1H3,(H,3,4)/t4-,5+,6-,7+,8-,9+,10+,11-,12-,13+,14?,15+,16-,17-,18-;;;;/m0..../s1. The van der Waals surface area contributed by atoms with Gasteiger partial charge in [0.05, 0.1) is 0 Å². The summed E-state index contributed by atoms with van der Waals surface area (Å²) in [6.07, 6.45) is -18.3. The van der Waals surface area contributed by atoms with Gasteiger partial charge in [-0.3, -0.25) is 19.2 Å². The van der Waals surface area contributed by atoms with Crippen molar-refractivity contribution >= 4 is 23.9 Å². The lowest BCUT2D eigenvalue weighted by Gasteiger charge is -2.48. The average molecular weight is 725 g/mol. The fourth-order valence-electron chi connectivity index (χ4n) is 4.40. The van der Waals surface area contributed by atoms with Crippen LogP contribution in [-0.4, -0.2) is 185 Å². The van der Waals surface area contributed by atoms with Gasteiger partial charge in [0.2, 0.25) is 0 Å². The van der Waals surface area contributed by atoms with Gasteiger partial charge >= 0.3 is 0 Å². The average Bonchev–Trinajstić information content (AvgIpc) is 2.96. The molecule has 0 radical (unpaired) electrons. The summed E-state index contributed by atoms with van der Waals surface area (Å²) in [7, 11) is 0. The summed E-state index contributed by atoms with van der Waals surface area (Å²) in [6, 6.07) is -1.68. The molecule has 1 saturated carbocycles. The first-order chi connectivity index (χ1) is 22.4. The Morgan fingerprint density at radius 1 is 0.531 bits per heavy atom. The number of rotatable bonds is 6. The first-order valence-corrected chi connectivity index (χ1v) is 14.5. The second kappa shape index (κ2) is 23.6. The minimum atomic E-state index is -1.66. The molecule has 23 heteroatoms. The van der Waals surface area contributed by atoms with E-state index in [1.807, 2.05) is 0 Å². The number of aliphatic hydroxyl groups is 7. The molecule has 0 aromatic rings. The van der Waals surface area contributed by atoms with Crippen LogP contribution in [0.2, 0.25) is 0 Å². The van der Waals surface area contributed by atoms with E-state index < -0.39 is 116 Å². The smallest absolute Gasteiger partial charge is 0.300 e. The third kappa shape index (κ3) is 17.7. The summed E-state index contributed by atoms with van der Waals surface area (Å²) >= 11 is 0. The van der Waals surface area contributed by atoms with Crippen molar-refractivity contribution in [3.05, 3.63) is 0 Å². The number of carboxylic acid groups (broad SMARTS) is 4. The molecule has 49 heavy (non-hydrogen) atoms. The van der Waals surface area contributed by atoms with Crippen molar-refractivity contribution in [2.24, 2.45) is 22.9 Å². The summed E-state index contributed by atoms with van der Waals surface area (Å²) in [5, 5.41) is 101. The lowest BCUT2D eigenvalue weighted by Crippen LogP contribution is -2.68. The second-order valence-corrected chi connectivity index (χ2v) is 10.8. The SMILES string of the molecule is CC(=O)O.CC(=O)O.CC(=O)O.CC(=O)O.NC[C@@H]1O[C@@H](O[C@H]2C(O)[C@@H](O[C@@H]3O[C@H](CN)[C@@H](O)[C@H](O)[C@H]3O)[C@H](N)C[C@@H]2N)[C@@H](O)[C@H](O)[C@H]1O. The molecule has 0 amide bonds. The van der Waals surface area contributed by atoms with Crippen LogP contribution in [0.3, 0.4) is 0 Å². The predicted molar refractivity (Wildman–Crippen MR) is 161 cm³/mol. The van der Waals surface area contributed by atoms with Crippen LogP contribution in [0.25, 0.3) is 0 Å². The van der Waals surface area contributed by atoms with Crippen LogP contribution in [-0.2, 0) is 38.1 Å². The largest absolute Gasteiger partial charge is 0.481 e. The number of ether oxygens (including phenoxy) is 4. The molecule has 3 rings (SSSR count). The van der Waals surface area contributed by atoms with Gasteiger partial charge in [-0.25, -0.2) is 0 Å². The topological polar surface area (TPSA) is 432 Å². The number of aliphatic carboxylic acids is 4. The Kier molecular flexibility index (Phi) is 23.3. The van der Waals surface area contributed by atoms with Crippen molar-refractivity contribution in [2.75, 3.05) is 13.1 Å². The Morgan fingerprint density at radius 2 is 0.776 bits per heavy atom. The molecule has 3 aliphatic rings. The van der Waals surface area contributed by atoms with E-state index in [2.05, 4.69) is 0 Å². The van der Waals surface area contributed by atoms with Crippen LogP contribution >= 0.6 is 0 Å². The van der Waals surface area contributed by atoms with E-state index in [1.165, 1.54) is 0 Å². The second-order valence-electron chi connectivity index (χ2n) is 10.8. The van der Waals surface area contributed by atoms with Crippen molar-refractivity contribution < 1.29 is 94.3 Å². The molecule has 2 saturated heterocycles. The highest BCUT2D eigenvalue weighted by atomic mass is 16.7. The van der Waals surface area contributed by atoms with E-state index in [-0.39, 0.29) is 19.5 Å². The van der Waals surface area contributed by atoms with Gasteiger partial charge < -0.3 is 98.1 Å². The Labute approximate surface area is 280 Å². The summed E-state index contributed by atoms with van der Waals surface area (Å²) in [5.41, 5.74) is 23.2. The monoisotopic (exact) mass is 724 g/mol. The molecule has 23 nitrogen and oxygen atoms in total. The zero-order chi connectivity index (χ0) is 38.9. The minimum Gasteiger partial charge on any atom is -0.481 e. The van der Waals surface area contributed by atoms with E-state index in [0.717, 1.165) is 27.7 Å². The number of hydrogen-bond acceptors (Lipinski definition) is 19. The van der Waals surface area contributed by atoms with Gasteiger partial charge in [-0.15, -0.1) is 0 Å². The first kappa shape index (κ1) is 48.4. The van der Waals surface area contributed by atoms with Crippen LogP contribution in [0, 0.1) is 0 Å². The highest BCUT2D eigenvalue weighted by Gasteiger charge is 2.51. The van der Waals surface area contributed by atoms with Crippen LogP contribution < -0.4 is 22.9 Å². The maximum absolute atomic E-state index is 10.9. The molecule has 1 aliphatic carbocycles. The third-order valence-electron chi connectivity index (χ3n) is 6.45. The van der Waals surface area contributed by atoms with Crippen molar-refractivity contribution in [2.45, 2.75) is 126 Å². The van der Waals surface area contributed by atoms with Crippen molar-refractivity contribution in [1.82, 2.24) is 0 Å². The molecule has 0 aromatic heterocycles. The molecule has 15 atom stereocenters. The number of hydrogen-bond donors (Lipinski definition) is 15. The first-order valence-electron chi connectivity index (χ1n) is 14.5. The Hall–Kier alpha value is -2.72. The van der Waals surface area contributed by atoms with Gasteiger partial charge in [0.25, 0.3) is 23.9 Å². The number of carboxylic acids is 4. The number of nitrogens with two attached hydrogens (primary N) is 4. The predicted octanol–water partition coefficient (Wildman–Crippen LogP) is -6.93. The van der Waals surface area contributed by atoms with Gasteiger partial charge in [0.15, 0.2) is 12.6 Å². The molecule has 290 valence electrons. The molecular weight excluding hydrogens is 672 g/mol. The third-order valence-corrected chi connectivity index (χ3v) is 6.45. The molecule has 2 heterocycles. The molecule has 2 aliphatic heterocycles. The van der Waals surface area contributed by atoms with E-state index in [0.29, 0.717) is 0 Å². The quantitative estimate of drug-likeness (QED) is 0.121. The molecule has 1 unspecified atom stereocenters. The van der Waals surface area contributed by atoms with Crippen LogP contribution in [0.1, 0.15) is 34.1 Å². The molecular formula is C26H52N4O19. The Morgan fingerprint density at radius 3 is 1.00 bits per heavy atom. The van der Waals surface area contributed by atoms with Crippen molar-refractivity contribution in [3.8, 4) is 0 Å². The highest BCUT2D eigenvalue weighted by molar-refractivity contribution is 5.63. The lowest BCUT2D eigenvalue weighted by atomic mass is 9.84. The Balaban J connectivity index is 0. The van der Waals surface area contributed by atoms with Crippen LogP contribution in [0.4, 0.5) is 0 Å². The summed E-state index contributed by atoms with van der Waals surface area (Å²) in [5.74, 6) is -3.33. The van der Waals surface area contributed by atoms with E-state index in [4.69, 9.17) is 81.5 Å². The highest BCUT2D eigenvalue weighted by Crippen LogP contribution is 2.31. The zero-order valence-corrected chi connectivity index (χ0v) is 27.3. The maximum Gasteiger partial charge on any atom is 0.300 e. The zero-order valence-electron chi connectivity index (χ0n) is 27.3. The van der Waals surface area contributed by atoms with Crippen molar-refractivity contribution in [3.63, 3.8) is 0 Å². The summed E-state index contributed by atoms with van der Waals surface area (Å²) in [4.78, 5) is 36.0. The van der Waals surface area contributed by atoms with Crippen molar-refractivity contribution in [1.29, 1.82) is 0 Å². The summed E-state index contributed by atoms with van der Waals surface area (Å²) < 4.78 is 22.2. The van der Waals surface area contributed by atoms with E-state index in [9.17, 15) is 35.7 Å². The number of aliphatic hydroxyl groups excluding tert-OH is 7. The maximum atomic E-state index is 10.9. The molecule has 3 fully saturated rings. The minimum absolute atomic E-state index is 0.0784. The fourth-order valence-corrected chi connectivity index (χ4v) is 4.40. The number of carbonyl (C=O) groups is 4. The molecule has 19 N–H and O–H groups in total. The molecule has 0 spiro atoms.